The average Bonchev–Trinajstić information content (AvgIpc) is 3.32. The summed E-state index contributed by atoms with van der Waals surface area (Å²) in [6.07, 6.45) is 1.92. The van der Waals surface area contributed by atoms with Crippen molar-refractivity contribution in [2.24, 2.45) is 5.10 Å². The molecule has 1 unspecified atom stereocenters. The van der Waals surface area contributed by atoms with E-state index in [2.05, 4.69) is 15.1 Å². The summed E-state index contributed by atoms with van der Waals surface area (Å²) >= 11 is 0. The number of carbonyl (C=O) groups excluding carboxylic acids is 1. The molecule has 13 heteroatoms. The van der Waals surface area contributed by atoms with Crippen LogP contribution in [0.2, 0.25) is 0 Å². The number of aliphatic hydroxyl groups is 1. The van der Waals surface area contributed by atoms with Gasteiger partial charge in [0.15, 0.2) is 11.5 Å². The number of likely N-dealkylation sites (N-methyl/N-ethyl adjacent to an activating group) is 1. The van der Waals surface area contributed by atoms with Crippen LogP contribution in [-0.2, 0) is 0 Å². The molecule has 4 heterocycles. The molecule has 2 fully saturated rings. The Labute approximate surface area is 212 Å². The minimum atomic E-state index is -1.11. The summed E-state index contributed by atoms with van der Waals surface area (Å²) in [7, 11) is 3.87. The van der Waals surface area contributed by atoms with Crippen LogP contribution in [-0.4, -0.2) is 113 Å². The minimum absolute atomic E-state index is 0.243. The number of hydrogen-bond donors (Lipinski definition) is 1. The summed E-state index contributed by atoms with van der Waals surface area (Å²) in [5.41, 5.74) is 0.143. The molecule has 0 radical (unpaired) electrons. The predicted octanol–water partition coefficient (Wildman–Crippen LogP) is 1.11. The van der Waals surface area contributed by atoms with Crippen LogP contribution in [0.3, 0.4) is 0 Å². The number of halogens is 3. The van der Waals surface area contributed by atoms with E-state index < -0.39 is 35.8 Å². The zero-order valence-electron chi connectivity index (χ0n) is 20.6. The molecule has 2 atom stereocenters. The number of carbonyl (C=O) groups is 1. The van der Waals surface area contributed by atoms with E-state index in [1.807, 2.05) is 23.9 Å². The zero-order chi connectivity index (χ0) is 26.3. The van der Waals surface area contributed by atoms with Crippen molar-refractivity contribution in [1.29, 1.82) is 0 Å². The molecule has 5 rings (SSSR count). The molecule has 0 bridgehead atoms. The van der Waals surface area contributed by atoms with Crippen LogP contribution in [0, 0.1) is 17.5 Å². The topological polar surface area (TPSA) is 91.6 Å². The van der Waals surface area contributed by atoms with Gasteiger partial charge in [-0.05, 0) is 31.8 Å². The molecule has 1 aromatic carbocycles. The first-order valence-corrected chi connectivity index (χ1v) is 12.1. The fraction of sp³-hybridized carbons (Fsp3) is 0.500. The molecule has 198 valence electrons. The highest BCUT2D eigenvalue weighted by atomic mass is 19.1. The maximum Gasteiger partial charge on any atom is 0.275 e. The van der Waals surface area contributed by atoms with Gasteiger partial charge in [0.25, 0.3) is 5.91 Å². The third-order valence-corrected chi connectivity index (χ3v) is 7.11. The molecule has 2 saturated heterocycles. The Kier molecular flexibility index (Phi) is 7.01. The van der Waals surface area contributed by atoms with Gasteiger partial charge in [-0.25, -0.2) is 28.1 Å². The molecule has 3 aliphatic rings. The van der Waals surface area contributed by atoms with Gasteiger partial charge in [-0.3, -0.25) is 9.69 Å². The molecule has 10 nitrogen and oxygen atoms in total. The second-order valence-electron chi connectivity index (χ2n) is 9.70. The normalized spacial score (nSPS) is 21.6. The van der Waals surface area contributed by atoms with Gasteiger partial charge in [-0.2, -0.15) is 5.10 Å². The molecule has 1 amide bonds. The highest BCUT2D eigenvalue weighted by molar-refractivity contribution is 5.93. The Bertz CT molecular complexity index is 1160. The van der Waals surface area contributed by atoms with E-state index in [0.717, 1.165) is 12.3 Å². The summed E-state index contributed by atoms with van der Waals surface area (Å²) in [6, 6.07) is 3.03. The van der Waals surface area contributed by atoms with Gasteiger partial charge in [-0.15, -0.1) is 0 Å². The second-order valence-corrected chi connectivity index (χ2v) is 9.70. The van der Waals surface area contributed by atoms with E-state index >= 15 is 0 Å². The van der Waals surface area contributed by atoms with Crippen molar-refractivity contribution in [2.75, 3.05) is 58.3 Å². The van der Waals surface area contributed by atoms with Crippen molar-refractivity contribution in [3.63, 3.8) is 0 Å². The number of nitrogens with zero attached hydrogens (tertiary/aromatic N) is 8. The summed E-state index contributed by atoms with van der Waals surface area (Å²) in [6.45, 7) is 2.67. The van der Waals surface area contributed by atoms with Crippen molar-refractivity contribution in [3.8, 4) is 0 Å². The predicted molar refractivity (Wildman–Crippen MR) is 129 cm³/mol. The van der Waals surface area contributed by atoms with Gasteiger partial charge in [-0.1, -0.05) is 0 Å². The fourth-order valence-electron chi connectivity index (χ4n) is 4.78. The number of aromatic nitrogens is 2. The third kappa shape index (κ3) is 5.11. The Hall–Kier alpha value is -3.29. The lowest BCUT2D eigenvalue weighted by atomic mass is 10.0. The van der Waals surface area contributed by atoms with E-state index in [9.17, 15) is 23.1 Å². The van der Waals surface area contributed by atoms with E-state index in [0.29, 0.717) is 51.3 Å². The number of hydrazone groups is 1. The molecular formula is C24H29F3N8O2. The van der Waals surface area contributed by atoms with Crippen molar-refractivity contribution >= 4 is 18.1 Å². The number of hydrogen-bond acceptors (Lipinski definition) is 9. The number of benzene rings is 1. The molecule has 0 spiro atoms. The van der Waals surface area contributed by atoms with Crippen LogP contribution in [0.25, 0.3) is 0 Å². The first-order chi connectivity index (χ1) is 17.7. The van der Waals surface area contributed by atoms with Crippen LogP contribution < -0.4 is 4.90 Å². The number of rotatable bonds is 6. The summed E-state index contributed by atoms with van der Waals surface area (Å²) in [5.74, 6) is -2.35. The molecule has 0 aliphatic carbocycles. The highest BCUT2D eigenvalue weighted by Crippen LogP contribution is 2.31. The first kappa shape index (κ1) is 25.4. The summed E-state index contributed by atoms with van der Waals surface area (Å²) < 4.78 is 41.9. The molecule has 0 saturated carbocycles. The van der Waals surface area contributed by atoms with E-state index in [1.165, 1.54) is 17.1 Å². The zero-order valence-corrected chi connectivity index (χ0v) is 20.6. The Morgan fingerprint density at radius 1 is 1.08 bits per heavy atom. The maximum absolute atomic E-state index is 14.4. The molecule has 1 N–H and O–H groups in total. The van der Waals surface area contributed by atoms with E-state index in [1.54, 1.807) is 16.0 Å². The van der Waals surface area contributed by atoms with Crippen LogP contribution in [0.1, 0.15) is 28.5 Å². The molecule has 3 aliphatic heterocycles. The first-order valence-electron chi connectivity index (χ1n) is 12.1. The third-order valence-electron chi connectivity index (χ3n) is 7.11. The lowest BCUT2D eigenvalue weighted by molar-refractivity contribution is -0.126. The number of anilines is 1. The Balaban J connectivity index is 1.22. The smallest absolute Gasteiger partial charge is 0.275 e. The maximum atomic E-state index is 14.4. The van der Waals surface area contributed by atoms with Gasteiger partial charge in [0.1, 0.15) is 11.6 Å². The number of amides is 1. The summed E-state index contributed by atoms with van der Waals surface area (Å²) in [5, 5.41) is 16.7. The monoisotopic (exact) mass is 518 g/mol. The van der Waals surface area contributed by atoms with Crippen LogP contribution in [0.15, 0.2) is 29.5 Å². The van der Waals surface area contributed by atoms with Gasteiger partial charge < -0.3 is 19.8 Å². The minimum Gasteiger partial charge on any atom is -0.360 e. The van der Waals surface area contributed by atoms with Gasteiger partial charge in [0.2, 0.25) is 12.3 Å². The number of aliphatic hydroxyl groups excluding tert-OH is 1. The van der Waals surface area contributed by atoms with Crippen molar-refractivity contribution in [1.82, 2.24) is 29.7 Å². The fourth-order valence-corrected chi connectivity index (χ4v) is 4.78. The van der Waals surface area contributed by atoms with Crippen LogP contribution in [0.5, 0.6) is 0 Å². The van der Waals surface area contributed by atoms with Gasteiger partial charge in [0.05, 0.1) is 12.2 Å². The van der Waals surface area contributed by atoms with E-state index in [-0.39, 0.29) is 17.7 Å². The van der Waals surface area contributed by atoms with Crippen LogP contribution >= 0.6 is 0 Å². The Morgan fingerprint density at radius 3 is 2.41 bits per heavy atom. The average molecular weight is 519 g/mol. The largest absolute Gasteiger partial charge is 0.360 e. The summed E-state index contributed by atoms with van der Waals surface area (Å²) in [4.78, 5) is 28.3. The molecular weight excluding hydrogens is 489 g/mol. The highest BCUT2D eigenvalue weighted by Gasteiger charge is 2.36. The molecule has 2 aromatic rings. The molecule has 37 heavy (non-hydrogen) atoms. The SMILES string of the molecule is CN(C)C1CN(C(=O)c2nc(N3CCN(C(O)N4N=CC[C@H]4c4cc(F)cc(F)c4)CC3)ncc2F)C1. The number of piperazine rings is 1. The molecule has 1 aromatic heterocycles. The van der Waals surface area contributed by atoms with Gasteiger partial charge >= 0.3 is 0 Å². The standard InChI is InChI=1S/C24H29F3N8O2/c1-31(2)18-13-34(14-18)22(36)21-19(27)12-28-23(30-21)32-5-7-33(8-6-32)24(37)35-20(3-4-29-35)15-9-16(25)11-17(26)10-15/h4,9-12,18,20,24,37H,3,5-8,13-14H2,1-2H3/t20-,24?/m0/s1. The van der Waals surface area contributed by atoms with Gasteiger partial charge in [0, 0.05) is 64.0 Å². The van der Waals surface area contributed by atoms with E-state index in [4.69, 9.17) is 0 Å². The quantitative estimate of drug-likeness (QED) is 0.609. The lowest BCUT2D eigenvalue weighted by Crippen LogP contribution is -2.59. The van der Waals surface area contributed by atoms with Crippen molar-refractivity contribution < 1.29 is 23.1 Å². The number of likely N-dealkylation sites (tertiary alicyclic amines) is 1. The van der Waals surface area contributed by atoms with Crippen molar-refractivity contribution in [3.05, 3.63) is 53.1 Å². The second kappa shape index (κ2) is 10.2. The van der Waals surface area contributed by atoms with Crippen LogP contribution in [0.4, 0.5) is 19.1 Å². The van der Waals surface area contributed by atoms with Crippen molar-refractivity contribution in [2.45, 2.75) is 24.9 Å². The Morgan fingerprint density at radius 2 is 1.76 bits per heavy atom. The lowest BCUT2D eigenvalue weighted by Gasteiger charge is -2.42.